The third kappa shape index (κ3) is 7.23. The van der Waals surface area contributed by atoms with Crippen LogP contribution < -0.4 is 16.0 Å². The fourth-order valence-corrected chi connectivity index (χ4v) is 2.71. The van der Waals surface area contributed by atoms with Gasteiger partial charge < -0.3 is 16.0 Å². The van der Waals surface area contributed by atoms with Gasteiger partial charge in [-0.3, -0.25) is 9.59 Å². The van der Waals surface area contributed by atoms with E-state index in [0.29, 0.717) is 24.1 Å². The van der Waals surface area contributed by atoms with E-state index in [1.165, 1.54) is 6.92 Å². The molecule has 0 unspecified atom stereocenters. The first-order valence-electron chi connectivity index (χ1n) is 6.02. The van der Waals surface area contributed by atoms with Crippen molar-refractivity contribution in [3.8, 4) is 0 Å². The van der Waals surface area contributed by atoms with E-state index >= 15 is 0 Å². The van der Waals surface area contributed by atoms with Crippen LogP contribution >= 0.6 is 11.8 Å². The number of amides is 2. The number of rotatable bonds is 6. The summed E-state index contributed by atoms with van der Waals surface area (Å²) in [6.45, 7) is 4.59. The van der Waals surface area contributed by atoms with Crippen LogP contribution in [0.1, 0.15) is 19.8 Å². The molecule has 1 fully saturated rings. The Labute approximate surface area is 106 Å². The van der Waals surface area contributed by atoms with E-state index < -0.39 is 0 Å². The van der Waals surface area contributed by atoms with Gasteiger partial charge in [0, 0.05) is 25.3 Å². The average Bonchev–Trinajstić information content (AvgIpc) is 2.33. The van der Waals surface area contributed by atoms with Crippen LogP contribution in [0.15, 0.2) is 0 Å². The molecule has 1 aliphatic rings. The Morgan fingerprint density at radius 2 is 1.88 bits per heavy atom. The molecule has 1 rings (SSSR count). The van der Waals surface area contributed by atoms with Crippen LogP contribution in [0.3, 0.4) is 0 Å². The fourth-order valence-electron chi connectivity index (χ4n) is 1.65. The Kier molecular flexibility index (Phi) is 7.04. The lowest BCUT2D eigenvalue weighted by molar-refractivity contribution is -0.120. The van der Waals surface area contributed by atoms with Crippen LogP contribution in [0.25, 0.3) is 0 Å². The van der Waals surface area contributed by atoms with E-state index in [1.807, 2.05) is 0 Å². The Morgan fingerprint density at radius 1 is 1.24 bits per heavy atom. The molecule has 1 saturated heterocycles. The summed E-state index contributed by atoms with van der Waals surface area (Å²) in [5.74, 6) is 0.507. The highest BCUT2D eigenvalue weighted by Gasteiger charge is 2.14. The van der Waals surface area contributed by atoms with Gasteiger partial charge >= 0.3 is 0 Å². The van der Waals surface area contributed by atoms with Crippen molar-refractivity contribution in [2.75, 3.05) is 31.9 Å². The molecular weight excluding hydrogens is 238 g/mol. The molecule has 1 heterocycles. The highest BCUT2D eigenvalue weighted by Crippen LogP contribution is 2.19. The van der Waals surface area contributed by atoms with Crippen molar-refractivity contribution in [1.82, 2.24) is 16.0 Å². The third-order valence-electron chi connectivity index (χ3n) is 2.56. The number of carbonyl (C=O) groups is 2. The van der Waals surface area contributed by atoms with Crippen LogP contribution in [0, 0.1) is 0 Å². The molecule has 6 heteroatoms. The molecule has 0 atom stereocenters. The Bertz CT molecular complexity index is 255. The van der Waals surface area contributed by atoms with E-state index in [0.717, 1.165) is 25.9 Å². The van der Waals surface area contributed by atoms with Crippen LogP contribution in [0.5, 0.6) is 0 Å². The lowest BCUT2D eigenvalue weighted by atomic mass is 10.2. The average molecular weight is 259 g/mol. The van der Waals surface area contributed by atoms with Gasteiger partial charge in [-0.05, 0) is 25.9 Å². The van der Waals surface area contributed by atoms with Crippen molar-refractivity contribution in [3.63, 3.8) is 0 Å². The third-order valence-corrected chi connectivity index (χ3v) is 3.93. The minimum atomic E-state index is -0.0664. The molecule has 0 aromatic heterocycles. The summed E-state index contributed by atoms with van der Waals surface area (Å²) in [5.41, 5.74) is 0. The fraction of sp³-hybridized carbons (Fsp3) is 0.818. The van der Waals surface area contributed by atoms with Crippen molar-refractivity contribution in [2.45, 2.75) is 25.0 Å². The summed E-state index contributed by atoms with van der Waals surface area (Å²) in [6, 6.07) is 0. The molecule has 0 aromatic rings. The van der Waals surface area contributed by atoms with E-state index in [2.05, 4.69) is 16.0 Å². The maximum absolute atomic E-state index is 11.5. The van der Waals surface area contributed by atoms with Crippen LogP contribution in [-0.2, 0) is 9.59 Å². The van der Waals surface area contributed by atoms with Crippen LogP contribution in [0.2, 0.25) is 0 Å². The SMILES string of the molecule is CC(=O)NCCNC(=O)CSC1CCNCC1. The molecule has 17 heavy (non-hydrogen) atoms. The van der Waals surface area contributed by atoms with Crippen molar-refractivity contribution >= 4 is 23.6 Å². The summed E-state index contributed by atoms with van der Waals surface area (Å²) in [4.78, 5) is 22.1. The number of carbonyl (C=O) groups excluding carboxylic acids is 2. The molecule has 0 bridgehead atoms. The van der Waals surface area contributed by atoms with Gasteiger partial charge in [0.05, 0.1) is 5.75 Å². The second-order valence-corrected chi connectivity index (χ2v) is 5.38. The second-order valence-electron chi connectivity index (χ2n) is 4.09. The highest BCUT2D eigenvalue weighted by atomic mass is 32.2. The molecule has 0 spiro atoms. The largest absolute Gasteiger partial charge is 0.355 e. The van der Waals surface area contributed by atoms with E-state index in [-0.39, 0.29) is 11.8 Å². The summed E-state index contributed by atoms with van der Waals surface area (Å²) in [7, 11) is 0. The van der Waals surface area contributed by atoms with Crippen LogP contribution in [-0.4, -0.2) is 49.0 Å². The maximum atomic E-state index is 11.5. The van der Waals surface area contributed by atoms with Crippen molar-refractivity contribution in [2.24, 2.45) is 0 Å². The predicted molar refractivity (Wildman–Crippen MR) is 70.0 cm³/mol. The number of nitrogens with one attached hydrogen (secondary N) is 3. The van der Waals surface area contributed by atoms with Crippen molar-refractivity contribution in [1.29, 1.82) is 0 Å². The summed E-state index contributed by atoms with van der Waals surface area (Å²) < 4.78 is 0. The summed E-state index contributed by atoms with van der Waals surface area (Å²) in [6.07, 6.45) is 2.29. The zero-order chi connectivity index (χ0) is 12.5. The molecular formula is C11H21N3O2S. The molecule has 5 nitrogen and oxygen atoms in total. The molecule has 0 saturated carbocycles. The second kappa shape index (κ2) is 8.36. The monoisotopic (exact) mass is 259 g/mol. The normalized spacial score (nSPS) is 16.5. The van der Waals surface area contributed by atoms with Gasteiger partial charge in [0.2, 0.25) is 11.8 Å². The minimum Gasteiger partial charge on any atom is -0.355 e. The van der Waals surface area contributed by atoms with Crippen molar-refractivity contribution < 1.29 is 9.59 Å². The Balaban J connectivity index is 1.98. The number of hydrogen-bond acceptors (Lipinski definition) is 4. The Morgan fingerprint density at radius 3 is 2.53 bits per heavy atom. The minimum absolute atomic E-state index is 0.0545. The van der Waals surface area contributed by atoms with E-state index in [1.54, 1.807) is 11.8 Å². The summed E-state index contributed by atoms with van der Waals surface area (Å²) >= 11 is 1.73. The van der Waals surface area contributed by atoms with Crippen molar-refractivity contribution in [3.05, 3.63) is 0 Å². The lowest BCUT2D eigenvalue weighted by Crippen LogP contribution is -2.35. The molecule has 98 valence electrons. The molecule has 3 N–H and O–H groups in total. The molecule has 0 aromatic carbocycles. The van der Waals surface area contributed by atoms with Gasteiger partial charge in [-0.1, -0.05) is 0 Å². The summed E-state index contributed by atoms with van der Waals surface area (Å²) in [5, 5.41) is 9.33. The number of hydrogen-bond donors (Lipinski definition) is 3. The van der Waals surface area contributed by atoms with Gasteiger partial charge in [0.25, 0.3) is 0 Å². The Hall–Kier alpha value is -0.750. The standard InChI is InChI=1S/C11H21N3O2S/c1-9(15)13-6-7-14-11(16)8-17-10-2-4-12-5-3-10/h10,12H,2-8H2,1H3,(H,13,15)(H,14,16). The quantitative estimate of drug-likeness (QED) is 0.574. The predicted octanol–water partition coefficient (Wildman–Crippen LogP) is -0.276. The van der Waals surface area contributed by atoms with Crippen LogP contribution in [0.4, 0.5) is 0 Å². The zero-order valence-electron chi connectivity index (χ0n) is 10.3. The molecule has 0 radical (unpaired) electrons. The molecule has 1 aliphatic heterocycles. The zero-order valence-corrected chi connectivity index (χ0v) is 11.1. The number of piperidine rings is 1. The van der Waals surface area contributed by atoms with Gasteiger partial charge in [-0.2, -0.15) is 0 Å². The lowest BCUT2D eigenvalue weighted by Gasteiger charge is -2.21. The first kappa shape index (κ1) is 14.3. The number of thioether (sulfide) groups is 1. The van der Waals surface area contributed by atoms with Gasteiger partial charge in [-0.15, -0.1) is 11.8 Å². The molecule has 0 aliphatic carbocycles. The highest BCUT2D eigenvalue weighted by molar-refractivity contribution is 8.00. The van der Waals surface area contributed by atoms with Gasteiger partial charge in [-0.25, -0.2) is 0 Å². The maximum Gasteiger partial charge on any atom is 0.230 e. The first-order chi connectivity index (χ1) is 8.18. The molecule has 2 amide bonds. The smallest absolute Gasteiger partial charge is 0.230 e. The van der Waals surface area contributed by atoms with Gasteiger partial charge in [0.1, 0.15) is 0 Å². The first-order valence-corrected chi connectivity index (χ1v) is 7.07. The van der Waals surface area contributed by atoms with E-state index in [4.69, 9.17) is 0 Å². The van der Waals surface area contributed by atoms with Gasteiger partial charge in [0.15, 0.2) is 0 Å². The topological polar surface area (TPSA) is 70.2 Å². The van der Waals surface area contributed by atoms with E-state index in [9.17, 15) is 9.59 Å².